The lowest BCUT2D eigenvalue weighted by atomic mass is 9.88. The Balaban J connectivity index is 1.53. The van der Waals surface area contributed by atoms with Gasteiger partial charge < -0.3 is 10.2 Å². The molecule has 2 aliphatic rings. The molecule has 1 atom stereocenters. The Hall–Kier alpha value is -1.49. The number of rotatable bonds is 4. The summed E-state index contributed by atoms with van der Waals surface area (Å²) in [5.74, 6) is 1.45. The third-order valence-corrected chi connectivity index (χ3v) is 5.28. The van der Waals surface area contributed by atoms with Crippen molar-refractivity contribution in [2.24, 2.45) is 5.92 Å². The minimum absolute atomic E-state index is 0.0619. The summed E-state index contributed by atoms with van der Waals surface area (Å²) in [6, 6.07) is 2.01. The van der Waals surface area contributed by atoms with E-state index in [-0.39, 0.29) is 11.9 Å². The fourth-order valence-corrected chi connectivity index (χ4v) is 4.17. The van der Waals surface area contributed by atoms with Gasteiger partial charge in [-0.15, -0.1) is 0 Å². The van der Waals surface area contributed by atoms with Crippen molar-refractivity contribution in [3.8, 4) is 0 Å². The van der Waals surface area contributed by atoms with E-state index in [9.17, 15) is 4.79 Å². The molecule has 1 amide bonds. The number of hydrogen-bond donors (Lipinski definition) is 1. The number of amides is 1. The summed E-state index contributed by atoms with van der Waals surface area (Å²) >= 11 is 0. The van der Waals surface area contributed by atoms with Gasteiger partial charge in [0.15, 0.2) is 0 Å². The average Bonchev–Trinajstić information content (AvgIpc) is 2.55. The van der Waals surface area contributed by atoms with Crippen LogP contribution in [-0.4, -0.2) is 46.5 Å². The van der Waals surface area contributed by atoms with E-state index >= 15 is 0 Å². The van der Waals surface area contributed by atoms with Crippen LogP contribution in [0, 0.1) is 19.8 Å². The van der Waals surface area contributed by atoms with Crippen molar-refractivity contribution >= 4 is 5.91 Å². The maximum atomic E-state index is 12.5. The normalized spacial score (nSPS) is 23.2. The fraction of sp³-hybridized carbons (Fsp3) is 0.737. The zero-order chi connectivity index (χ0) is 16.9. The molecule has 132 valence electrons. The van der Waals surface area contributed by atoms with Gasteiger partial charge in [-0.3, -0.25) is 4.79 Å². The standard InChI is InChI=1S/C19H30N4O/c1-14-11-18(21-15(2)20-14)19(24)22-17-9-6-10-23(13-17)12-16-7-4-3-5-8-16/h11,16-17H,3-10,12-13H2,1-2H3,(H,22,24). The summed E-state index contributed by atoms with van der Waals surface area (Å²) in [5, 5.41) is 3.19. The molecule has 5 heteroatoms. The van der Waals surface area contributed by atoms with Crippen molar-refractivity contribution in [3.63, 3.8) is 0 Å². The molecule has 0 aromatic carbocycles. The molecule has 1 N–H and O–H groups in total. The summed E-state index contributed by atoms with van der Waals surface area (Å²) in [7, 11) is 0. The number of piperidine rings is 1. The number of nitrogens with one attached hydrogen (secondary N) is 1. The Bertz CT molecular complexity index is 548. The van der Waals surface area contributed by atoms with Gasteiger partial charge >= 0.3 is 0 Å². The quantitative estimate of drug-likeness (QED) is 0.922. The van der Waals surface area contributed by atoms with Crippen LogP contribution in [0.25, 0.3) is 0 Å². The van der Waals surface area contributed by atoms with Gasteiger partial charge in [0, 0.05) is 24.8 Å². The molecule has 5 nitrogen and oxygen atoms in total. The van der Waals surface area contributed by atoms with Crippen molar-refractivity contribution in [2.45, 2.75) is 64.8 Å². The number of hydrogen-bond acceptors (Lipinski definition) is 4. The Morgan fingerprint density at radius 3 is 2.71 bits per heavy atom. The summed E-state index contributed by atoms with van der Waals surface area (Å²) in [6.45, 7) is 7.09. The van der Waals surface area contributed by atoms with Crippen LogP contribution in [0.1, 0.15) is 67.0 Å². The Kier molecular flexibility index (Phi) is 5.82. The van der Waals surface area contributed by atoms with Crippen LogP contribution >= 0.6 is 0 Å². The molecule has 1 aliphatic heterocycles. The topological polar surface area (TPSA) is 58.1 Å². The van der Waals surface area contributed by atoms with Crippen LogP contribution in [0.4, 0.5) is 0 Å². The molecule has 1 saturated heterocycles. The van der Waals surface area contributed by atoms with Gasteiger partial charge in [-0.2, -0.15) is 0 Å². The van der Waals surface area contributed by atoms with Crippen molar-refractivity contribution in [1.29, 1.82) is 0 Å². The SMILES string of the molecule is Cc1cc(C(=O)NC2CCCN(CC3CCCCC3)C2)nc(C)n1. The van der Waals surface area contributed by atoms with Crippen LogP contribution in [0.5, 0.6) is 0 Å². The molecule has 1 aliphatic carbocycles. The first-order valence-corrected chi connectivity index (χ1v) is 9.45. The first kappa shape index (κ1) is 17.3. The van der Waals surface area contributed by atoms with Gasteiger partial charge in [-0.1, -0.05) is 19.3 Å². The number of carbonyl (C=O) groups is 1. The van der Waals surface area contributed by atoms with Gasteiger partial charge in [-0.25, -0.2) is 9.97 Å². The zero-order valence-electron chi connectivity index (χ0n) is 15.1. The summed E-state index contributed by atoms with van der Waals surface area (Å²) in [4.78, 5) is 23.6. The highest BCUT2D eigenvalue weighted by molar-refractivity contribution is 5.92. The largest absolute Gasteiger partial charge is 0.347 e. The average molecular weight is 330 g/mol. The maximum absolute atomic E-state index is 12.5. The van der Waals surface area contributed by atoms with Gasteiger partial charge in [0.1, 0.15) is 11.5 Å². The smallest absolute Gasteiger partial charge is 0.270 e. The molecule has 1 aromatic rings. The minimum atomic E-state index is -0.0619. The van der Waals surface area contributed by atoms with E-state index in [1.807, 2.05) is 13.8 Å². The molecule has 0 radical (unpaired) electrons. The summed E-state index contributed by atoms with van der Waals surface area (Å²) < 4.78 is 0. The first-order valence-electron chi connectivity index (χ1n) is 9.45. The molecule has 1 unspecified atom stereocenters. The monoisotopic (exact) mass is 330 g/mol. The summed E-state index contributed by atoms with van der Waals surface area (Å²) in [6.07, 6.45) is 9.19. The number of carbonyl (C=O) groups excluding carboxylic acids is 1. The van der Waals surface area contributed by atoms with E-state index in [4.69, 9.17) is 0 Å². The lowest BCUT2D eigenvalue weighted by Crippen LogP contribution is -2.49. The number of aromatic nitrogens is 2. The molecule has 1 aromatic heterocycles. The summed E-state index contributed by atoms with van der Waals surface area (Å²) in [5.41, 5.74) is 1.33. The second kappa shape index (κ2) is 8.06. The van der Waals surface area contributed by atoms with E-state index < -0.39 is 0 Å². The lowest BCUT2D eigenvalue weighted by molar-refractivity contribution is 0.0884. The lowest BCUT2D eigenvalue weighted by Gasteiger charge is -2.36. The van der Waals surface area contributed by atoms with Gasteiger partial charge in [-0.05, 0) is 58.1 Å². The number of aryl methyl sites for hydroxylation is 2. The number of likely N-dealkylation sites (tertiary alicyclic amines) is 1. The highest BCUT2D eigenvalue weighted by atomic mass is 16.1. The first-order chi connectivity index (χ1) is 11.6. The molecule has 24 heavy (non-hydrogen) atoms. The molecule has 2 heterocycles. The molecular formula is C19H30N4O. The van der Waals surface area contributed by atoms with Gasteiger partial charge in [0.2, 0.25) is 0 Å². The minimum Gasteiger partial charge on any atom is -0.347 e. The predicted molar refractivity (Wildman–Crippen MR) is 95.0 cm³/mol. The molecule has 2 fully saturated rings. The molecule has 0 bridgehead atoms. The fourth-order valence-electron chi connectivity index (χ4n) is 4.17. The zero-order valence-corrected chi connectivity index (χ0v) is 15.1. The van der Waals surface area contributed by atoms with Crippen LogP contribution in [0.3, 0.4) is 0 Å². The van der Waals surface area contributed by atoms with Crippen molar-refractivity contribution in [2.75, 3.05) is 19.6 Å². The van der Waals surface area contributed by atoms with E-state index in [1.165, 1.54) is 51.6 Å². The second-order valence-corrected chi connectivity index (χ2v) is 7.52. The highest BCUT2D eigenvalue weighted by Crippen LogP contribution is 2.25. The van der Waals surface area contributed by atoms with Crippen molar-refractivity contribution < 1.29 is 4.79 Å². The van der Waals surface area contributed by atoms with Crippen LogP contribution in [0.15, 0.2) is 6.07 Å². The van der Waals surface area contributed by atoms with E-state index in [0.717, 1.165) is 24.6 Å². The molecular weight excluding hydrogens is 300 g/mol. The van der Waals surface area contributed by atoms with Crippen molar-refractivity contribution in [3.05, 3.63) is 23.3 Å². The third kappa shape index (κ3) is 4.76. The highest BCUT2D eigenvalue weighted by Gasteiger charge is 2.25. The van der Waals surface area contributed by atoms with Crippen molar-refractivity contribution in [1.82, 2.24) is 20.2 Å². The predicted octanol–water partition coefficient (Wildman–Crippen LogP) is 2.87. The van der Waals surface area contributed by atoms with Crippen LogP contribution in [-0.2, 0) is 0 Å². The van der Waals surface area contributed by atoms with E-state index in [0.29, 0.717) is 11.5 Å². The molecule has 0 spiro atoms. The Labute approximate surface area is 145 Å². The second-order valence-electron chi connectivity index (χ2n) is 7.52. The maximum Gasteiger partial charge on any atom is 0.270 e. The van der Waals surface area contributed by atoms with E-state index in [2.05, 4.69) is 20.2 Å². The van der Waals surface area contributed by atoms with E-state index in [1.54, 1.807) is 6.07 Å². The molecule has 3 rings (SSSR count). The number of nitrogens with zero attached hydrogens (tertiary/aromatic N) is 3. The van der Waals surface area contributed by atoms with Gasteiger partial charge in [0.25, 0.3) is 5.91 Å². The van der Waals surface area contributed by atoms with Crippen LogP contribution < -0.4 is 5.32 Å². The Morgan fingerprint density at radius 2 is 1.96 bits per heavy atom. The Morgan fingerprint density at radius 1 is 1.17 bits per heavy atom. The third-order valence-electron chi connectivity index (χ3n) is 5.28. The van der Waals surface area contributed by atoms with Gasteiger partial charge in [0.05, 0.1) is 0 Å². The van der Waals surface area contributed by atoms with Crippen LogP contribution in [0.2, 0.25) is 0 Å². The molecule has 1 saturated carbocycles.